The van der Waals surface area contributed by atoms with Gasteiger partial charge in [-0.2, -0.15) is 0 Å². The van der Waals surface area contributed by atoms with Crippen molar-refractivity contribution in [1.82, 2.24) is 0 Å². The number of para-hydroxylation sites is 1. The first kappa shape index (κ1) is 9.85. The first-order valence-corrected chi connectivity index (χ1v) is 5.86. The van der Waals surface area contributed by atoms with Crippen LogP contribution in [-0.2, 0) is 17.6 Å². The number of carbonyl (C=O) groups excluding carboxylic acids is 1. The maximum atomic E-state index is 11.3. The zero-order valence-electron chi connectivity index (χ0n) is 9.25. The number of anilines is 1. The Bertz CT molecular complexity index is 449. The van der Waals surface area contributed by atoms with Crippen LogP contribution in [0.15, 0.2) is 18.2 Å². The minimum atomic E-state index is 0.0886. The first-order chi connectivity index (χ1) is 7.66. The highest BCUT2D eigenvalue weighted by Crippen LogP contribution is 2.38. The van der Waals surface area contributed by atoms with Crippen molar-refractivity contribution in [3.63, 3.8) is 0 Å². The Morgan fingerprint density at radius 3 is 2.94 bits per heavy atom. The van der Waals surface area contributed by atoms with Crippen LogP contribution in [0.25, 0.3) is 0 Å². The monoisotopic (exact) mass is 216 g/mol. The minimum Gasteiger partial charge on any atom is -0.325 e. The molecule has 0 spiro atoms. The van der Waals surface area contributed by atoms with Crippen molar-refractivity contribution in [2.45, 2.75) is 37.6 Å². The van der Waals surface area contributed by atoms with E-state index in [0.717, 1.165) is 36.9 Å². The van der Waals surface area contributed by atoms with E-state index in [2.05, 4.69) is 11.4 Å². The van der Waals surface area contributed by atoms with E-state index >= 15 is 0 Å². The lowest BCUT2D eigenvalue weighted by Crippen LogP contribution is -2.22. The maximum Gasteiger partial charge on any atom is 0.228 e. The summed E-state index contributed by atoms with van der Waals surface area (Å²) in [4.78, 5) is 11.3. The predicted octanol–water partition coefficient (Wildman–Crippen LogP) is 1.61. The minimum absolute atomic E-state index is 0.0886. The third-order valence-electron chi connectivity index (χ3n) is 3.64. The Morgan fingerprint density at radius 1 is 1.38 bits per heavy atom. The summed E-state index contributed by atoms with van der Waals surface area (Å²) in [6, 6.07) is 6.15. The molecule has 0 unspecified atom stereocenters. The molecule has 1 heterocycles. The smallest absolute Gasteiger partial charge is 0.228 e. The first-order valence-electron chi connectivity index (χ1n) is 5.86. The van der Waals surface area contributed by atoms with E-state index in [4.69, 9.17) is 5.73 Å². The number of fused-ring (bicyclic) bond motifs is 1. The van der Waals surface area contributed by atoms with Gasteiger partial charge in [0, 0.05) is 11.2 Å². The highest BCUT2D eigenvalue weighted by Gasteiger charge is 2.37. The number of hydrogen-bond acceptors (Lipinski definition) is 2. The molecule has 0 radical (unpaired) electrons. The van der Waals surface area contributed by atoms with Crippen molar-refractivity contribution in [2.24, 2.45) is 5.73 Å². The third-order valence-corrected chi connectivity index (χ3v) is 3.64. The molecule has 0 atom stereocenters. The summed E-state index contributed by atoms with van der Waals surface area (Å²) in [5.41, 5.74) is 9.57. The van der Waals surface area contributed by atoms with E-state index in [9.17, 15) is 4.79 Å². The van der Waals surface area contributed by atoms with E-state index in [1.807, 2.05) is 12.1 Å². The van der Waals surface area contributed by atoms with Gasteiger partial charge in [0.2, 0.25) is 5.91 Å². The zero-order valence-corrected chi connectivity index (χ0v) is 9.25. The Labute approximate surface area is 95.0 Å². The van der Waals surface area contributed by atoms with Gasteiger partial charge in [-0.3, -0.25) is 4.79 Å². The fraction of sp³-hybridized carbons (Fsp3) is 0.462. The van der Waals surface area contributed by atoms with E-state index in [1.54, 1.807) is 0 Å². The summed E-state index contributed by atoms with van der Waals surface area (Å²) in [6.45, 7) is 0. The second-order valence-corrected chi connectivity index (χ2v) is 5.04. The summed E-state index contributed by atoms with van der Waals surface area (Å²) in [6.07, 6.45) is 4.82. The fourth-order valence-electron chi connectivity index (χ4n) is 2.32. The van der Waals surface area contributed by atoms with Crippen molar-refractivity contribution >= 4 is 11.6 Å². The number of nitrogens with two attached hydrogens (primary N) is 1. The molecule has 1 fully saturated rings. The maximum absolute atomic E-state index is 11.3. The molecule has 3 N–H and O–H groups in total. The summed E-state index contributed by atoms with van der Waals surface area (Å²) in [5, 5.41) is 2.94. The molecular weight excluding hydrogens is 200 g/mol. The van der Waals surface area contributed by atoms with Gasteiger partial charge < -0.3 is 11.1 Å². The van der Waals surface area contributed by atoms with Crippen molar-refractivity contribution in [1.29, 1.82) is 0 Å². The van der Waals surface area contributed by atoms with Crippen LogP contribution in [0, 0.1) is 0 Å². The van der Waals surface area contributed by atoms with E-state index < -0.39 is 0 Å². The molecular formula is C13H16N2O. The van der Waals surface area contributed by atoms with Gasteiger partial charge in [-0.1, -0.05) is 18.2 Å². The molecule has 3 heteroatoms. The molecule has 3 rings (SSSR count). The number of carbonyl (C=O) groups is 1. The summed E-state index contributed by atoms with van der Waals surface area (Å²) < 4.78 is 0. The molecule has 1 aromatic rings. The molecule has 84 valence electrons. The van der Waals surface area contributed by atoms with Gasteiger partial charge in [-0.25, -0.2) is 0 Å². The molecule has 1 aromatic carbocycles. The highest BCUT2D eigenvalue weighted by atomic mass is 16.1. The lowest BCUT2D eigenvalue weighted by molar-refractivity contribution is -0.115. The molecule has 0 saturated heterocycles. The van der Waals surface area contributed by atoms with Crippen LogP contribution in [0.2, 0.25) is 0 Å². The second kappa shape index (κ2) is 3.32. The largest absolute Gasteiger partial charge is 0.325 e. The topological polar surface area (TPSA) is 55.1 Å². The molecule has 1 saturated carbocycles. The molecule has 16 heavy (non-hydrogen) atoms. The quantitative estimate of drug-likeness (QED) is 0.806. The van der Waals surface area contributed by atoms with E-state index in [-0.39, 0.29) is 11.4 Å². The summed E-state index contributed by atoms with van der Waals surface area (Å²) in [7, 11) is 0. The number of hydrogen-bond donors (Lipinski definition) is 2. The number of aryl methyl sites for hydroxylation is 1. The molecule has 0 bridgehead atoms. The van der Waals surface area contributed by atoms with Crippen LogP contribution in [0.4, 0.5) is 5.69 Å². The van der Waals surface area contributed by atoms with E-state index in [1.165, 1.54) is 5.56 Å². The number of rotatable bonds is 3. The average Bonchev–Trinajstić information content (AvgIpc) is 2.86. The molecule has 1 aliphatic carbocycles. The lowest BCUT2D eigenvalue weighted by atomic mass is 10.0. The number of amides is 1. The second-order valence-electron chi connectivity index (χ2n) is 5.04. The van der Waals surface area contributed by atoms with Gasteiger partial charge >= 0.3 is 0 Å². The van der Waals surface area contributed by atoms with Gasteiger partial charge in [0.1, 0.15) is 0 Å². The van der Waals surface area contributed by atoms with Crippen LogP contribution in [0.1, 0.15) is 30.4 Å². The fourth-order valence-corrected chi connectivity index (χ4v) is 2.32. The highest BCUT2D eigenvalue weighted by molar-refractivity contribution is 6.00. The van der Waals surface area contributed by atoms with Crippen molar-refractivity contribution < 1.29 is 4.79 Å². The Morgan fingerprint density at radius 2 is 2.19 bits per heavy atom. The summed E-state index contributed by atoms with van der Waals surface area (Å²) in [5.74, 6) is 0.108. The van der Waals surface area contributed by atoms with E-state index in [0.29, 0.717) is 6.42 Å². The lowest BCUT2D eigenvalue weighted by Gasteiger charge is -2.11. The molecule has 1 aliphatic heterocycles. The SMILES string of the molecule is NC1(CCc2cccc3c2NC(=O)C3)CC1. The van der Waals surface area contributed by atoms with Crippen LogP contribution < -0.4 is 11.1 Å². The molecule has 0 aromatic heterocycles. The van der Waals surface area contributed by atoms with Crippen molar-refractivity contribution in [2.75, 3.05) is 5.32 Å². The van der Waals surface area contributed by atoms with Gasteiger partial charge in [0.15, 0.2) is 0 Å². The Hall–Kier alpha value is -1.35. The molecule has 2 aliphatic rings. The van der Waals surface area contributed by atoms with Crippen LogP contribution in [0.3, 0.4) is 0 Å². The predicted molar refractivity (Wildman–Crippen MR) is 63.2 cm³/mol. The molecule has 1 amide bonds. The van der Waals surface area contributed by atoms with Crippen LogP contribution >= 0.6 is 0 Å². The van der Waals surface area contributed by atoms with Gasteiger partial charge in [-0.05, 0) is 36.8 Å². The van der Waals surface area contributed by atoms with Crippen molar-refractivity contribution in [3.05, 3.63) is 29.3 Å². The Kier molecular flexibility index (Phi) is 2.04. The van der Waals surface area contributed by atoms with Gasteiger partial charge in [-0.15, -0.1) is 0 Å². The Balaban J connectivity index is 1.80. The zero-order chi connectivity index (χ0) is 11.2. The number of nitrogens with one attached hydrogen (secondary N) is 1. The van der Waals surface area contributed by atoms with Crippen molar-refractivity contribution in [3.8, 4) is 0 Å². The van der Waals surface area contributed by atoms with Gasteiger partial charge in [0.25, 0.3) is 0 Å². The average molecular weight is 216 g/mol. The van der Waals surface area contributed by atoms with Gasteiger partial charge in [0.05, 0.1) is 6.42 Å². The third kappa shape index (κ3) is 1.71. The standard InChI is InChI=1S/C13H16N2O/c14-13(6-7-13)5-4-9-2-1-3-10-8-11(16)15-12(9)10/h1-3H,4-8,14H2,(H,15,16). The number of benzene rings is 1. The van der Waals surface area contributed by atoms with Crippen LogP contribution in [-0.4, -0.2) is 11.4 Å². The van der Waals surface area contributed by atoms with Crippen LogP contribution in [0.5, 0.6) is 0 Å². The summed E-state index contributed by atoms with van der Waals surface area (Å²) >= 11 is 0. The molecule has 3 nitrogen and oxygen atoms in total. The normalized spacial score (nSPS) is 20.4.